The van der Waals surface area contributed by atoms with Gasteiger partial charge in [-0.2, -0.15) is 0 Å². The highest BCUT2D eigenvalue weighted by Crippen LogP contribution is 2.33. The zero-order valence-corrected chi connectivity index (χ0v) is 12.7. The Balaban J connectivity index is 1.77. The standard InChI is InChI=1S/C19H24N2/c1-15-7-5-6-10-18(15)19(13-20)21-12-11-17(14-21)16-8-3-2-4-9-16/h2-10,17,19H,11-14,20H2,1H3. The number of hydrogen-bond acceptors (Lipinski definition) is 2. The normalized spacial score (nSPS) is 20.6. The Bertz CT molecular complexity index is 579. The van der Waals surface area contributed by atoms with Crippen LogP contribution < -0.4 is 5.73 Å². The molecule has 2 aromatic rings. The van der Waals surface area contributed by atoms with E-state index in [-0.39, 0.29) is 0 Å². The minimum atomic E-state index is 0.347. The zero-order chi connectivity index (χ0) is 14.7. The quantitative estimate of drug-likeness (QED) is 0.929. The highest BCUT2D eigenvalue weighted by Gasteiger charge is 2.29. The van der Waals surface area contributed by atoms with Gasteiger partial charge in [-0.25, -0.2) is 0 Å². The van der Waals surface area contributed by atoms with Crippen molar-refractivity contribution in [3.05, 3.63) is 71.3 Å². The molecule has 1 saturated heterocycles. The molecular formula is C19H24N2. The lowest BCUT2D eigenvalue weighted by Crippen LogP contribution is -2.32. The van der Waals surface area contributed by atoms with Crippen molar-refractivity contribution in [3.63, 3.8) is 0 Å². The van der Waals surface area contributed by atoms with Crippen LogP contribution in [-0.2, 0) is 0 Å². The number of nitrogens with two attached hydrogens (primary N) is 1. The third-order valence-corrected chi connectivity index (χ3v) is 4.70. The molecule has 1 aliphatic heterocycles. The van der Waals surface area contributed by atoms with Crippen LogP contribution in [0.15, 0.2) is 54.6 Å². The van der Waals surface area contributed by atoms with Crippen LogP contribution in [0.4, 0.5) is 0 Å². The second-order valence-electron chi connectivity index (χ2n) is 6.00. The molecule has 0 aromatic heterocycles. The van der Waals surface area contributed by atoms with E-state index in [1.165, 1.54) is 23.1 Å². The SMILES string of the molecule is Cc1ccccc1C(CN)N1CCC(c2ccccc2)C1. The summed E-state index contributed by atoms with van der Waals surface area (Å²) in [5.41, 5.74) is 10.3. The summed E-state index contributed by atoms with van der Waals surface area (Å²) in [5.74, 6) is 0.643. The largest absolute Gasteiger partial charge is 0.329 e. The van der Waals surface area contributed by atoms with E-state index in [2.05, 4.69) is 66.4 Å². The van der Waals surface area contributed by atoms with Crippen LogP contribution in [0.5, 0.6) is 0 Å². The predicted molar refractivity (Wildman–Crippen MR) is 88.3 cm³/mol. The number of aryl methyl sites for hydroxylation is 1. The van der Waals surface area contributed by atoms with E-state index < -0.39 is 0 Å². The van der Waals surface area contributed by atoms with Gasteiger partial charge in [-0.05, 0) is 42.5 Å². The Morgan fingerprint density at radius 3 is 2.52 bits per heavy atom. The van der Waals surface area contributed by atoms with Gasteiger partial charge in [-0.1, -0.05) is 54.6 Å². The van der Waals surface area contributed by atoms with Gasteiger partial charge in [-0.3, -0.25) is 4.90 Å². The van der Waals surface area contributed by atoms with Crippen molar-refractivity contribution in [1.29, 1.82) is 0 Å². The van der Waals surface area contributed by atoms with Crippen molar-refractivity contribution < 1.29 is 0 Å². The van der Waals surface area contributed by atoms with Gasteiger partial charge in [0.25, 0.3) is 0 Å². The van der Waals surface area contributed by atoms with Crippen LogP contribution >= 0.6 is 0 Å². The maximum Gasteiger partial charge on any atom is 0.0473 e. The molecule has 1 fully saturated rings. The number of nitrogens with zero attached hydrogens (tertiary/aromatic N) is 1. The molecule has 1 aliphatic rings. The van der Waals surface area contributed by atoms with Gasteiger partial charge >= 0.3 is 0 Å². The third-order valence-electron chi connectivity index (χ3n) is 4.70. The molecule has 2 atom stereocenters. The molecule has 2 unspecified atom stereocenters. The molecule has 2 heteroatoms. The minimum Gasteiger partial charge on any atom is -0.329 e. The smallest absolute Gasteiger partial charge is 0.0473 e. The van der Waals surface area contributed by atoms with E-state index in [4.69, 9.17) is 5.73 Å². The van der Waals surface area contributed by atoms with Crippen molar-refractivity contribution in [1.82, 2.24) is 4.90 Å². The summed E-state index contributed by atoms with van der Waals surface area (Å²) in [6, 6.07) is 19.8. The molecule has 2 aromatic carbocycles. The molecule has 0 radical (unpaired) electrons. The van der Waals surface area contributed by atoms with E-state index in [0.29, 0.717) is 18.5 Å². The van der Waals surface area contributed by atoms with Crippen molar-refractivity contribution >= 4 is 0 Å². The van der Waals surface area contributed by atoms with Gasteiger partial charge in [0, 0.05) is 19.1 Å². The molecule has 0 bridgehead atoms. The van der Waals surface area contributed by atoms with Crippen LogP contribution in [0, 0.1) is 6.92 Å². The monoisotopic (exact) mass is 280 g/mol. The summed E-state index contributed by atoms with van der Waals surface area (Å²) in [7, 11) is 0. The Labute approximate surface area is 127 Å². The summed E-state index contributed by atoms with van der Waals surface area (Å²) in [6.45, 7) is 5.12. The van der Waals surface area contributed by atoms with E-state index >= 15 is 0 Å². The van der Waals surface area contributed by atoms with Crippen molar-refractivity contribution in [2.24, 2.45) is 5.73 Å². The first-order valence-corrected chi connectivity index (χ1v) is 7.84. The fraction of sp³-hybridized carbons (Fsp3) is 0.368. The van der Waals surface area contributed by atoms with E-state index in [9.17, 15) is 0 Å². The summed E-state index contributed by atoms with van der Waals surface area (Å²) in [5, 5.41) is 0. The van der Waals surface area contributed by atoms with Gasteiger partial charge in [0.1, 0.15) is 0 Å². The predicted octanol–water partition coefficient (Wildman–Crippen LogP) is 3.48. The molecule has 2 nitrogen and oxygen atoms in total. The number of benzene rings is 2. The number of hydrogen-bond donors (Lipinski definition) is 1. The maximum absolute atomic E-state index is 6.10. The zero-order valence-electron chi connectivity index (χ0n) is 12.7. The molecule has 1 heterocycles. The third kappa shape index (κ3) is 3.02. The fourth-order valence-corrected chi connectivity index (χ4v) is 3.50. The maximum atomic E-state index is 6.10. The van der Waals surface area contributed by atoms with E-state index in [0.717, 1.165) is 13.1 Å². The van der Waals surface area contributed by atoms with Crippen LogP contribution in [0.3, 0.4) is 0 Å². The van der Waals surface area contributed by atoms with Gasteiger partial charge in [0.15, 0.2) is 0 Å². The van der Waals surface area contributed by atoms with Gasteiger partial charge in [-0.15, -0.1) is 0 Å². The molecule has 3 rings (SSSR count). The van der Waals surface area contributed by atoms with Crippen LogP contribution in [0.25, 0.3) is 0 Å². The Morgan fingerprint density at radius 1 is 1.10 bits per heavy atom. The van der Waals surface area contributed by atoms with E-state index in [1.807, 2.05) is 0 Å². The topological polar surface area (TPSA) is 29.3 Å². The second-order valence-corrected chi connectivity index (χ2v) is 6.00. The Morgan fingerprint density at radius 2 is 1.81 bits per heavy atom. The summed E-state index contributed by atoms with van der Waals surface area (Å²) in [6.07, 6.45) is 1.23. The molecule has 0 spiro atoms. The lowest BCUT2D eigenvalue weighted by molar-refractivity contribution is 0.247. The lowest BCUT2D eigenvalue weighted by atomic mass is 9.98. The van der Waals surface area contributed by atoms with Crippen LogP contribution in [0.2, 0.25) is 0 Å². The van der Waals surface area contributed by atoms with E-state index in [1.54, 1.807) is 0 Å². The highest BCUT2D eigenvalue weighted by molar-refractivity contribution is 5.30. The number of rotatable bonds is 4. The van der Waals surface area contributed by atoms with Gasteiger partial charge in [0.2, 0.25) is 0 Å². The molecule has 0 saturated carbocycles. The molecule has 2 N–H and O–H groups in total. The highest BCUT2D eigenvalue weighted by atomic mass is 15.2. The lowest BCUT2D eigenvalue weighted by Gasteiger charge is -2.28. The van der Waals surface area contributed by atoms with Crippen LogP contribution in [0.1, 0.15) is 35.1 Å². The molecule has 21 heavy (non-hydrogen) atoms. The molecule has 0 aliphatic carbocycles. The first-order chi connectivity index (χ1) is 10.3. The number of likely N-dealkylation sites (tertiary alicyclic amines) is 1. The minimum absolute atomic E-state index is 0.347. The molecule has 110 valence electrons. The first kappa shape index (κ1) is 14.3. The Kier molecular flexibility index (Phi) is 4.37. The average molecular weight is 280 g/mol. The average Bonchev–Trinajstić information content (AvgIpc) is 3.00. The fourth-order valence-electron chi connectivity index (χ4n) is 3.50. The summed E-state index contributed by atoms with van der Waals surface area (Å²) in [4.78, 5) is 2.56. The summed E-state index contributed by atoms with van der Waals surface area (Å²) < 4.78 is 0. The van der Waals surface area contributed by atoms with Crippen molar-refractivity contribution in [2.45, 2.75) is 25.3 Å². The van der Waals surface area contributed by atoms with Crippen LogP contribution in [-0.4, -0.2) is 24.5 Å². The molecular weight excluding hydrogens is 256 g/mol. The summed E-state index contributed by atoms with van der Waals surface area (Å²) >= 11 is 0. The Hall–Kier alpha value is -1.64. The van der Waals surface area contributed by atoms with Crippen molar-refractivity contribution in [2.75, 3.05) is 19.6 Å². The van der Waals surface area contributed by atoms with Gasteiger partial charge in [0.05, 0.1) is 0 Å². The second kappa shape index (κ2) is 6.42. The van der Waals surface area contributed by atoms with Crippen molar-refractivity contribution in [3.8, 4) is 0 Å². The first-order valence-electron chi connectivity index (χ1n) is 7.84. The molecule has 0 amide bonds. The van der Waals surface area contributed by atoms with Gasteiger partial charge < -0.3 is 5.73 Å².